The number of hydrogen-bond acceptors (Lipinski definition) is 4. The molecule has 208 valence electrons. The summed E-state index contributed by atoms with van der Waals surface area (Å²) in [6, 6.07) is 0. The Morgan fingerprint density at radius 1 is 0.686 bits per heavy atom. The van der Waals surface area contributed by atoms with Gasteiger partial charge in [0.15, 0.2) is 0 Å². The minimum Gasteiger partial charge on any atom is -0.462 e. The summed E-state index contributed by atoms with van der Waals surface area (Å²) in [7, 11) is 4.35. The number of nitrogens with zero attached hydrogens (tertiary/aromatic N) is 2. The van der Waals surface area contributed by atoms with Gasteiger partial charge in [-0.1, -0.05) is 90.9 Å². The minimum atomic E-state index is 0.0514. The molecule has 1 rings (SSSR count). The fourth-order valence-corrected chi connectivity index (χ4v) is 5.27. The van der Waals surface area contributed by atoms with Crippen molar-refractivity contribution in [3.05, 3.63) is 0 Å². The van der Waals surface area contributed by atoms with Crippen LogP contribution in [0, 0.1) is 5.92 Å². The molecule has 0 radical (unpaired) electrons. The van der Waals surface area contributed by atoms with E-state index in [1.165, 1.54) is 116 Å². The summed E-state index contributed by atoms with van der Waals surface area (Å²) in [4.78, 5) is 17.4. The van der Waals surface area contributed by atoms with E-state index in [2.05, 4.69) is 37.7 Å². The smallest absolute Gasteiger partial charge is 0.306 e. The summed E-state index contributed by atoms with van der Waals surface area (Å²) in [5.74, 6) is 0.824. The third-order valence-electron chi connectivity index (χ3n) is 7.80. The lowest BCUT2D eigenvalue weighted by atomic mass is 9.96. The molecule has 1 fully saturated rings. The number of esters is 1. The molecule has 35 heavy (non-hydrogen) atoms. The average Bonchev–Trinajstić information content (AvgIpc) is 2.87. The zero-order chi connectivity index (χ0) is 25.6. The molecular formula is C31H62N2O2. The summed E-state index contributed by atoms with van der Waals surface area (Å²) in [6.45, 7) is 9.47. The van der Waals surface area contributed by atoms with Gasteiger partial charge in [-0.25, -0.2) is 0 Å². The Balaban J connectivity index is 2.15. The third kappa shape index (κ3) is 20.2. The Hall–Kier alpha value is -0.610. The maximum Gasteiger partial charge on any atom is 0.306 e. The molecule has 0 amide bonds. The first-order chi connectivity index (χ1) is 17.0. The van der Waals surface area contributed by atoms with Crippen LogP contribution < -0.4 is 0 Å². The van der Waals surface area contributed by atoms with Crippen molar-refractivity contribution in [1.82, 2.24) is 9.80 Å². The van der Waals surface area contributed by atoms with E-state index >= 15 is 0 Å². The predicted octanol–water partition coefficient (Wildman–Crippen LogP) is 8.23. The highest BCUT2D eigenvalue weighted by atomic mass is 16.5. The van der Waals surface area contributed by atoms with E-state index < -0.39 is 0 Å². The first-order valence-corrected chi connectivity index (χ1v) is 15.6. The van der Waals surface area contributed by atoms with Gasteiger partial charge in [-0.2, -0.15) is 0 Å². The summed E-state index contributed by atoms with van der Waals surface area (Å²) >= 11 is 0. The largest absolute Gasteiger partial charge is 0.462 e. The van der Waals surface area contributed by atoms with Crippen LogP contribution in [0.1, 0.15) is 142 Å². The molecule has 0 saturated heterocycles. The fraction of sp³-hybridized carbons (Fsp3) is 0.968. The standard InChI is InChI=1S/C31H62N2O2/c1-5-6-7-13-18-25-33(28-27-32(3)4)26-19-14-9-12-17-22-31(34)35-30-21-16-11-8-10-15-20-29(2)23-24-30/h29-30H,5-28H2,1-4H3. The van der Waals surface area contributed by atoms with E-state index in [9.17, 15) is 4.79 Å². The highest BCUT2D eigenvalue weighted by Gasteiger charge is 2.16. The monoisotopic (exact) mass is 494 g/mol. The maximum absolute atomic E-state index is 12.5. The minimum absolute atomic E-state index is 0.0514. The molecule has 0 bridgehead atoms. The molecule has 0 spiro atoms. The lowest BCUT2D eigenvalue weighted by molar-refractivity contribution is -0.150. The average molecular weight is 495 g/mol. The number of unbranched alkanes of at least 4 members (excludes halogenated alkanes) is 8. The van der Waals surface area contributed by atoms with E-state index in [1.54, 1.807) is 0 Å². The molecule has 4 heteroatoms. The molecule has 2 unspecified atom stereocenters. The molecule has 4 nitrogen and oxygen atoms in total. The van der Waals surface area contributed by atoms with Gasteiger partial charge in [-0.3, -0.25) is 4.79 Å². The van der Waals surface area contributed by atoms with E-state index in [0.717, 1.165) is 38.1 Å². The fourth-order valence-electron chi connectivity index (χ4n) is 5.27. The zero-order valence-corrected chi connectivity index (χ0v) is 24.3. The zero-order valence-electron chi connectivity index (χ0n) is 24.3. The summed E-state index contributed by atoms with van der Waals surface area (Å²) < 4.78 is 5.93. The lowest BCUT2D eigenvalue weighted by Crippen LogP contribution is -2.33. The molecule has 0 N–H and O–H groups in total. The van der Waals surface area contributed by atoms with E-state index in [0.29, 0.717) is 6.42 Å². The first kappa shape index (κ1) is 32.4. The van der Waals surface area contributed by atoms with Crippen molar-refractivity contribution >= 4 is 5.97 Å². The van der Waals surface area contributed by atoms with Gasteiger partial charge in [0.1, 0.15) is 6.10 Å². The van der Waals surface area contributed by atoms with Crippen LogP contribution in [0.4, 0.5) is 0 Å². The molecule has 0 heterocycles. The summed E-state index contributed by atoms with van der Waals surface area (Å²) in [5.41, 5.74) is 0. The molecule has 0 aliphatic heterocycles. The second-order valence-corrected chi connectivity index (χ2v) is 11.7. The van der Waals surface area contributed by atoms with Crippen molar-refractivity contribution in [3.63, 3.8) is 0 Å². The molecule has 1 aliphatic carbocycles. The number of ether oxygens (including phenoxy) is 1. The van der Waals surface area contributed by atoms with E-state index in [1.807, 2.05) is 0 Å². The SMILES string of the molecule is CCCCCCCN(CCCCCCCC(=O)OC1CCCCCCCC(C)CC1)CCN(C)C. The lowest BCUT2D eigenvalue weighted by Gasteiger charge is -2.24. The topological polar surface area (TPSA) is 32.8 Å². The quantitative estimate of drug-likeness (QED) is 0.142. The number of carbonyl (C=O) groups excluding carboxylic acids is 1. The highest BCUT2D eigenvalue weighted by molar-refractivity contribution is 5.69. The Kier molecular flexibility index (Phi) is 20.9. The first-order valence-electron chi connectivity index (χ1n) is 15.6. The normalized spacial score (nSPS) is 20.2. The van der Waals surface area contributed by atoms with Crippen LogP contribution in [0.25, 0.3) is 0 Å². The predicted molar refractivity (Wildman–Crippen MR) is 152 cm³/mol. The van der Waals surface area contributed by atoms with Gasteiger partial charge in [0, 0.05) is 19.5 Å². The van der Waals surface area contributed by atoms with Crippen molar-refractivity contribution < 1.29 is 9.53 Å². The number of likely N-dealkylation sites (N-methyl/N-ethyl adjacent to an activating group) is 1. The Morgan fingerprint density at radius 3 is 1.97 bits per heavy atom. The highest BCUT2D eigenvalue weighted by Crippen LogP contribution is 2.23. The van der Waals surface area contributed by atoms with Gasteiger partial charge in [0.05, 0.1) is 0 Å². The van der Waals surface area contributed by atoms with Crippen LogP contribution in [-0.4, -0.2) is 62.1 Å². The molecule has 1 aliphatic rings. The van der Waals surface area contributed by atoms with Gasteiger partial charge in [0.25, 0.3) is 0 Å². The van der Waals surface area contributed by atoms with Gasteiger partial charge in [-0.05, 0) is 78.0 Å². The molecule has 0 aromatic heterocycles. The van der Waals surface area contributed by atoms with Gasteiger partial charge < -0.3 is 14.5 Å². The second-order valence-electron chi connectivity index (χ2n) is 11.7. The number of carbonyl (C=O) groups is 1. The van der Waals surface area contributed by atoms with Crippen molar-refractivity contribution in [2.75, 3.05) is 40.3 Å². The Morgan fingerprint density at radius 2 is 1.29 bits per heavy atom. The van der Waals surface area contributed by atoms with Crippen molar-refractivity contribution in [3.8, 4) is 0 Å². The summed E-state index contributed by atoms with van der Waals surface area (Å²) in [6.07, 6.45) is 24.8. The van der Waals surface area contributed by atoms with Crippen LogP contribution in [0.5, 0.6) is 0 Å². The summed E-state index contributed by atoms with van der Waals surface area (Å²) in [5, 5.41) is 0. The second kappa shape index (κ2) is 22.6. The molecule has 0 aromatic rings. The molecular weight excluding hydrogens is 432 g/mol. The number of rotatable bonds is 18. The van der Waals surface area contributed by atoms with Gasteiger partial charge >= 0.3 is 5.97 Å². The van der Waals surface area contributed by atoms with Crippen LogP contribution in [-0.2, 0) is 9.53 Å². The van der Waals surface area contributed by atoms with Crippen molar-refractivity contribution in [1.29, 1.82) is 0 Å². The van der Waals surface area contributed by atoms with Crippen LogP contribution in [0.3, 0.4) is 0 Å². The Labute approximate surface area is 219 Å². The number of hydrogen-bond donors (Lipinski definition) is 0. The molecule has 1 saturated carbocycles. The van der Waals surface area contributed by atoms with Crippen molar-refractivity contribution in [2.45, 2.75) is 148 Å². The van der Waals surface area contributed by atoms with Gasteiger partial charge in [0.2, 0.25) is 0 Å². The van der Waals surface area contributed by atoms with Gasteiger partial charge in [-0.15, -0.1) is 0 Å². The Bertz CT molecular complexity index is 483. The molecule has 0 aromatic carbocycles. The maximum atomic E-state index is 12.5. The van der Waals surface area contributed by atoms with Crippen LogP contribution in [0.15, 0.2) is 0 Å². The molecule has 2 atom stereocenters. The van der Waals surface area contributed by atoms with E-state index in [4.69, 9.17) is 4.74 Å². The van der Waals surface area contributed by atoms with Crippen LogP contribution >= 0.6 is 0 Å². The van der Waals surface area contributed by atoms with E-state index in [-0.39, 0.29) is 12.1 Å². The van der Waals surface area contributed by atoms with Crippen molar-refractivity contribution in [2.24, 2.45) is 5.92 Å². The third-order valence-corrected chi connectivity index (χ3v) is 7.80. The van der Waals surface area contributed by atoms with Crippen LogP contribution in [0.2, 0.25) is 0 Å².